The van der Waals surface area contributed by atoms with Crippen molar-refractivity contribution in [1.29, 1.82) is 0 Å². The van der Waals surface area contributed by atoms with E-state index in [4.69, 9.17) is 9.47 Å². The Morgan fingerprint density at radius 2 is 2.24 bits per heavy atom. The highest BCUT2D eigenvalue weighted by Crippen LogP contribution is 2.16. The number of nitrogens with one attached hydrogen (secondary N) is 2. The van der Waals surface area contributed by atoms with Gasteiger partial charge in [-0.1, -0.05) is 30.3 Å². The molecule has 5 heteroatoms. The van der Waals surface area contributed by atoms with Gasteiger partial charge in [-0.15, -0.1) is 0 Å². The van der Waals surface area contributed by atoms with E-state index in [1.807, 2.05) is 30.3 Å². The first kappa shape index (κ1) is 15.9. The van der Waals surface area contributed by atoms with Crippen LogP contribution >= 0.6 is 0 Å². The van der Waals surface area contributed by atoms with Gasteiger partial charge in [0, 0.05) is 18.6 Å². The zero-order valence-corrected chi connectivity index (χ0v) is 12.7. The highest BCUT2D eigenvalue weighted by molar-refractivity contribution is 5.77. The summed E-state index contributed by atoms with van der Waals surface area (Å²) >= 11 is 0. The molecule has 3 atom stereocenters. The van der Waals surface area contributed by atoms with Crippen molar-refractivity contribution in [2.24, 2.45) is 0 Å². The van der Waals surface area contributed by atoms with Crippen LogP contribution in [0.5, 0.6) is 0 Å². The second kappa shape index (κ2) is 8.12. The number of carbonyl (C=O) groups is 1. The molecule has 0 aliphatic carbocycles. The van der Waals surface area contributed by atoms with Crippen molar-refractivity contribution in [3.8, 4) is 0 Å². The standard InChI is InChI=1S/C16H24N2O3/c1-12(10-14-11-21-9-8-17-14)18-15(16(19)20-2)13-6-4-3-5-7-13/h3-7,12,14-15,17-18H,8-11H2,1-2H3. The molecule has 116 valence electrons. The number of hydrogen-bond donors (Lipinski definition) is 2. The fraction of sp³-hybridized carbons (Fsp3) is 0.562. The summed E-state index contributed by atoms with van der Waals surface area (Å²) in [6.45, 7) is 4.46. The summed E-state index contributed by atoms with van der Waals surface area (Å²) in [5.74, 6) is -0.263. The molecule has 21 heavy (non-hydrogen) atoms. The second-order valence-corrected chi connectivity index (χ2v) is 5.40. The molecule has 3 unspecified atom stereocenters. The van der Waals surface area contributed by atoms with Gasteiger partial charge < -0.3 is 14.8 Å². The van der Waals surface area contributed by atoms with Crippen LogP contribution in [0.25, 0.3) is 0 Å². The maximum atomic E-state index is 12.0. The Labute approximate surface area is 126 Å². The lowest BCUT2D eigenvalue weighted by Crippen LogP contribution is -2.46. The van der Waals surface area contributed by atoms with Gasteiger partial charge in [-0.3, -0.25) is 5.32 Å². The zero-order valence-electron chi connectivity index (χ0n) is 12.7. The molecular weight excluding hydrogens is 268 g/mol. The van der Waals surface area contributed by atoms with E-state index >= 15 is 0 Å². The third kappa shape index (κ3) is 4.81. The van der Waals surface area contributed by atoms with Crippen molar-refractivity contribution < 1.29 is 14.3 Å². The number of benzene rings is 1. The predicted octanol–water partition coefficient (Wildman–Crippen LogP) is 1.26. The van der Waals surface area contributed by atoms with E-state index in [1.54, 1.807) is 0 Å². The average molecular weight is 292 g/mol. The number of morpholine rings is 1. The van der Waals surface area contributed by atoms with Crippen LogP contribution < -0.4 is 10.6 Å². The van der Waals surface area contributed by atoms with Crippen LogP contribution in [0.15, 0.2) is 30.3 Å². The van der Waals surface area contributed by atoms with Gasteiger partial charge in [-0.2, -0.15) is 0 Å². The molecule has 0 spiro atoms. The largest absolute Gasteiger partial charge is 0.468 e. The van der Waals surface area contributed by atoms with Crippen molar-refractivity contribution in [1.82, 2.24) is 10.6 Å². The number of rotatable bonds is 6. The van der Waals surface area contributed by atoms with E-state index in [0.717, 1.165) is 31.7 Å². The molecule has 1 aromatic carbocycles. The van der Waals surface area contributed by atoms with Crippen molar-refractivity contribution in [2.75, 3.05) is 26.9 Å². The van der Waals surface area contributed by atoms with Crippen molar-refractivity contribution in [2.45, 2.75) is 31.5 Å². The highest BCUT2D eigenvalue weighted by Gasteiger charge is 2.24. The fourth-order valence-electron chi connectivity index (χ4n) is 2.61. The van der Waals surface area contributed by atoms with Crippen LogP contribution in [0.3, 0.4) is 0 Å². The average Bonchev–Trinajstić information content (AvgIpc) is 2.53. The van der Waals surface area contributed by atoms with E-state index in [-0.39, 0.29) is 12.0 Å². The molecule has 0 amide bonds. The summed E-state index contributed by atoms with van der Waals surface area (Å²) in [5, 5.41) is 6.79. The second-order valence-electron chi connectivity index (χ2n) is 5.40. The summed E-state index contributed by atoms with van der Waals surface area (Å²) in [7, 11) is 1.42. The minimum atomic E-state index is -0.435. The van der Waals surface area contributed by atoms with Gasteiger partial charge in [0.1, 0.15) is 6.04 Å². The monoisotopic (exact) mass is 292 g/mol. The maximum Gasteiger partial charge on any atom is 0.327 e. The summed E-state index contributed by atoms with van der Waals surface area (Å²) in [5.41, 5.74) is 0.920. The molecule has 1 aromatic rings. The van der Waals surface area contributed by atoms with Gasteiger partial charge in [0.15, 0.2) is 0 Å². The molecule has 2 N–H and O–H groups in total. The van der Waals surface area contributed by atoms with Gasteiger partial charge in [0.25, 0.3) is 0 Å². The minimum absolute atomic E-state index is 0.175. The van der Waals surface area contributed by atoms with Crippen LogP contribution in [0.2, 0.25) is 0 Å². The highest BCUT2D eigenvalue weighted by atomic mass is 16.5. The van der Waals surface area contributed by atoms with E-state index in [0.29, 0.717) is 6.04 Å². The van der Waals surface area contributed by atoms with Crippen molar-refractivity contribution in [3.63, 3.8) is 0 Å². The van der Waals surface area contributed by atoms with E-state index in [2.05, 4.69) is 17.6 Å². The molecule has 2 rings (SSSR count). The zero-order chi connectivity index (χ0) is 15.1. The SMILES string of the molecule is COC(=O)C(NC(C)CC1COCCN1)c1ccccc1. The van der Waals surface area contributed by atoms with Crippen molar-refractivity contribution in [3.05, 3.63) is 35.9 Å². The predicted molar refractivity (Wildman–Crippen MR) is 81.0 cm³/mol. The van der Waals surface area contributed by atoms with Gasteiger partial charge >= 0.3 is 5.97 Å². The molecule has 1 fully saturated rings. The van der Waals surface area contributed by atoms with Gasteiger partial charge in [0.05, 0.1) is 20.3 Å². The lowest BCUT2D eigenvalue weighted by Gasteiger charge is -2.28. The molecule has 0 saturated carbocycles. The molecule has 0 bridgehead atoms. The third-order valence-electron chi connectivity index (χ3n) is 3.66. The lowest BCUT2D eigenvalue weighted by molar-refractivity contribution is -0.143. The smallest absolute Gasteiger partial charge is 0.327 e. The maximum absolute atomic E-state index is 12.0. The number of carbonyl (C=O) groups excluding carboxylic acids is 1. The number of hydrogen-bond acceptors (Lipinski definition) is 5. The summed E-state index contributed by atoms with van der Waals surface area (Å²) < 4.78 is 10.4. The Balaban J connectivity index is 1.96. The van der Waals surface area contributed by atoms with Crippen LogP contribution in [0.1, 0.15) is 24.9 Å². The summed E-state index contributed by atoms with van der Waals surface area (Å²) in [6.07, 6.45) is 0.903. The normalized spacial score (nSPS) is 21.5. The van der Waals surface area contributed by atoms with E-state index in [1.165, 1.54) is 7.11 Å². The Hall–Kier alpha value is -1.43. The molecule has 1 saturated heterocycles. The molecule has 1 aliphatic heterocycles. The minimum Gasteiger partial charge on any atom is -0.468 e. The quantitative estimate of drug-likeness (QED) is 0.773. The van der Waals surface area contributed by atoms with Gasteiger partial charge in [0.2, 0.25) is 0 Å². The molecule has 0 aromatic heterocycles. The lowest BCUT2D eigenvalue weighted by atomic mass is 10.0. The Morgan fingerprint density at radius 1 is 1.48 bits per heavy atom. The molecule has 1 aliphatic rings. The first-order valence-electron chi connectivity index (χ1n) is 7.40. The van der Waals surface area contributed by atoms with Crippen molar-refractivity contribution >= 4 is 5.97 Å². The molecule has 5 nitrogen and oxygen atoms in total. The Bertz CT molecular complexity index is 432. The summed E-state index contributed by atoms with van der Waals surface area (Å²) in [6, 6.07) is 9.72. The van der Waals surface area contributed by atoms with E-state index in [9.17, 15) is 4.79 Å². The third-order valence-corrected chi connectivity index (χ3v) is 3.66. The fourth-order valence-corrected chi connectivity index (χ4v) is 2.61. The summed E-state index contributed by atoms with van der Waals surface area (Å²) in [4.78, 5) is 12.0. The van der Waals surface area contributed by atoms with Crippen LogP contribution in [-0.2, 0) is 14.3 Å². The first-order chi connectivity index (χ1) is 10.2. The molecular formula is C16H24N2O3. The van der Waals surface area contributed by atoms with Crippen LogP contribution in [0, 0.1) is 0 Å². The Morgan fingerprint density at radius 3 is 2.86 bits per heavy atom. The van der Waals surface area contributed by atoms with Crippen LogP contribution in [0.4, 0.5) is 0 Å². The Kier molecular flexibility index (Phi) is 6.17. The topological polar surface area (TPSA) is 59.6 Å². The number of methoxy groups -OCH3 is 1. The number of ether oxygens (including phenoxy) is 2. The molecule has 0 radical (unpaired) electrons. The van der Waals surface area contributed by atoms with E-state index < -0.39 is 6.04 Å². The van der Waals surface area contributed by atoms with Gasteiger partial charge in [-0.25, -0.2) is 4.79 Å². The first-order valence-corrected chi connectivity index (χ1v) is 7.40. The molecule has 1 heterocycles. The van der Waals surface area contributed by atoms with Crippen LogP contribution in [-0.4, -0.2) is 44.9 Å². The van der Waals surface area contributed by atoms with Gasteiger partial charge in [-0.05, 0) is 18.9 Å². The number of esters is 1.